The van der Waals surface area contributed by atoms with Crippen LogP contribution in [0.15, 0.2) is 39.8 Å². The third kappa shape index (κ3) is 3.79. The quantitative estimate of drug-likeness (QED) is 0.761. The zero-order valence-corrected chi connectivity index (χ0v) is 14.6. The smallest absolute Gasteiger partial charge is 0.0704 e. The van der Waals surface area contributed by atoms with Crippen molar-refractivity contribution in [3.63, 3.8) is 0 Å². The van der Waals surface area contributed by atoms with Crippen molar-refractivity contribution in [1.29, 1.82) is 0 Å². The molecule has 0 radical (unpaired) electrons. The van der Waals surface area contributed by atoms with Gasteiger partial charge in [0.15, 0.2) is 0 Å². The molecule has 1 N–H and O–H groups in total. The standard InChI is InChI=1S/C14H17BrClN3S/c1-3-19-14(12(15)8-18-19)13(17-2)9-20-11-6-4-10(16)5-7-11/h4-8,13,17H,3,9H2,1-2H3. The number of hydrogen-bond acceptors (Lipinski definition) is 3. The summed E-state index contributed by atoms with van der Waals surface area (Å²) in [6, 6.07) is 8.18. The van der Waals surface area contributed by atoms with Gasteiger partial charge in [0.05, 0.1) is 22.4 Å². The Morgan fingerprint density at radius 1 is 1.40 bits per heavy atom. The molecule has 1 aromatic heterocycles. The van der Waals surface area contributed by atoms with Crippen molar-refractivity contribution in [2.75, 3.05) is 12.8 Å². The second-order valence-corrected chi connectivity index (χ2v) is 6.68. The van der Waals surface area contributed by atoms with Crippen LogP contribution in [-0.4, -0.2) is 22.6 Å². The second kappa shape index (κ2) is 7.50. The minimum Gasteiger partial charge on any atom is -0.311 e. The second-order valence-electron chi connectivity index (χ2n) is 4.30. The summed E-state index contributed by atoms with van der Waals surface area (Å²) in [5.41, 5.74) is 1.19. The summed E-state index contributed by atoms with van der Waals surface area (Å²) in [4.78, 5) is 1.22. The van der Waals surface area contributed by atoms with E-state index in [4.69, 9.17) is 11.6 Å². The highest BCUT2D eigenvalue weighted by Gasteiger charge is 2.18. The van der Waals surface area contributed by atoms with Gasteiger partial charge in [-0.25, -0.2) is 0 Å². The van der Waals surface area contributed by atoms with Crippen LogP contribution in [0.2, 0.25) is 5.02 Å². The number of hydrogen-bond donors (Lipinski definition) is 1. The number of nitrogens with zero attached hydrogens (tertiary/aromatic N) is 2. The Bertz CT molecular complexity index is 556. The van der Waals surface area contributed by atoms with Gasteiger partial charge < -0.3 is 5.32 Å². The van der Waals surface area contributed by atoms with Crippen LogP contribution in [0.1, 0.15) is 18.7 Å². The summed E-state index contributed by atoms with van der Waals surface area (Å²) in [6.07, 6.45) is 1.86. The molecule has 2 aromatic rings. The molecule has 0 fully saturated rings. The van der Waals surface area contributed by atoms with Gasteiger partial charge in [0.1, 0.15) is 0 Å². The number of benzene rings is 1. The Balaban J connectivity index is 2.09. The normalized spacial score (nSPS) is 12.6. The van der Waals surface area contributed by atoms with Gasteiger partial charge in [-0.15, -0.1) is 11.8 Å². The summed E-state index contributed by atoms with van der Waals surface area (Å²) >= 11 is 11.3. The van der Waals surface area contributed by atoms with Crippen molar-refractivity contribution in [2.45, 2.75) is 24.4 Å². The van der Waals surface area contributed by atoms with Crippen molar-refractivity contribution in [3.05, 3.63) is 45.7 Å². The van der Waals surface area contributed by atoms with E-state index >= 15 is 0 Å². The van der Waals surface area contributed by atoms with E-state index in [0.717, 1.165) is 21.8 Å². The van der Waals surface area contributed by atoms with Gasteiger partial charge in [-0.1, -0.05) is 11.6 Å². The Hall–Kier alpha value is -0.490. The fourth-order valence-corrected chi connectivity index (χ4v) is 3.69. The topological polar surface area (TPSA) is 29.9 Å². The number of rotatable bonds is 6. The zero-order chi connectivity index (χ0) is 14.5. The molecular formula is C14H17BrClN3S. The molecule has 0 spiro atoms. The molecule has 0 saturated carbocycles. The SMILES string of the molecule is CCn1ncc(Br)c1C(CSc1ccc(Cl)cc1)NC. The lowest BCUT2D eigenvalue weighted by molar-refractivity contribution is 0.547. The summed E-state index contributed by atoms with van der Waals surface area (Å²) in [5.74, 6) is 0.933. The van der Waals surface area contributed by atoms with Gasteiger partial charge in [-0.05, 0) is 54.2 Å². The Kier molecular flexibility index (Phi) is 5.96. The maximum Gasteiger partial charge on any atom is 0.0704 e. The predicted octanol–water partition coefficient (Wildman–Crippen LogP) is 4.37. The van der Waals surface area contributed by atoms with Gasteiger partial charge in [-0.2, -0.15) is 5.10 Å². The lowest BCUT2D eigenvalue weighted by Gasteiger charge is -2.18. The summed E-state index contributed by atoms with van der Waals surface area (Å²) in [6.45, 7) is 2.97. The zero-order valence-electron chi connectivity index (χ0n) is 11.4. The van der Waals surface area contributed by atoms with Gasteiger partial charge in [0.2, 0.25) is 0 Å². The van der Waals surface area contributed by atoms with Crippen molar-refractivity contribution >= 4 is 39.3 Å². The molecule has 108 valence electrons. The number of aryl methyl sites for hydroxylation is 1. The molecule has 1 atom stereocenters. The van der Waals surface area contributed by atoms with Crippen LogP contribution in [0.25, 0.3) is 0 Å². The monoisotopic (exact) mass is 373 g/mol. The van der Waals surface area contributed by atoms with Gasteiger partial charge >= 0.3 is 0 Å². The van der Waals surface area contributed by atoms with E-state index in [0.29, 0.717) is 0 Å². The summed E-state index contributed by atoms with van der Waals surface area (Å²) in [5, 5.41) is 8.51. The van der Waals surface area contributed by atoms with E-state index in [2.05, 4.69) is 33.3 Å². The molecule has 20 heavy (non-hydrogen) atoms. The first-order valence-corrected chi connectivity index (χ1v) is 8.58. The number of nitrogens with one attached hydrogen (secondary N) is 1. The van der Waals surface area contributed by atoms with E-state index in [1.165, 1.54) is 10.6 Å². The summed E-state index contributed by atoms with van der Waals surface area (Å²) < 4.78 is 3.07. The first kappa shape index (κ1) is 15.9. The van der Waals surface area contributed by atoms with Gasteiger partial charge in [-0.3, -0.25) is 4.68 Å². The van der Waals surface area contributed by atoms with Crippen molar-refractivity contribution in [2.24, 2.45) is 0 Å². The predicted molar refractivity (Wildman–Crippen MR) is 89.6 cm³/mol. The fraction of sp³-hybridized carbons (Fsp3) is 0.357. The van der Waals surface area contributed by atoms with E-state index in [-0.39, 0.29) is 6.04 Å². The largest absolute Gasteiger partial charge is 0.311 e. The molecule has 0 aliphatic carbocycles. The van der Waals surface area contributed by atoms with E-state index in [9.17, 15) is 0 Å². The van der Waals surface area contributed by atoms with Crippen LogP contribution in [-0.2, 0) is 6.54 Å². The molecule has 0 bridgehead atoms. The molecule has 3 nitrogen and oxygen atoms in total. The summed E-state index contributed by atoms with van der Waals surface area (Å²) in [7, 11) is 1.98. The highest BCUT2D eigenvalue weighted by molar-refractivity contribution is 9.10. The molecule has 0 saturated heterocycles. The molecule has 1 heterocycles. The Morgan fingerprint density at radius 3 is 2.70 bits per heavy atom. The van der Waals surface area contributed by atoms with Crippen molar-refractivity contribution in [3.8, 4) is 0 Å². The molecule has 0 aliphatic rings. The van der Waals surface area contributed by atoms with Crippen molar-refractivity contribution < 1.29 is 0 Å². The van der Waals surface area contributed by atoms with E-state index in [1.54, 1.807) is 11.8 Å². The number of aromatic nitrogens is 2. The van der Waals surface area contributed by atoms with Crippen molar-refractivity contribution in [1.82, 2.24) is 15.1 Å². The Morgan fingerprint density at radius 2 is 2.10 bits per heavy atom. The highest BCUT2D eigenvalue weighted by Crippen LogP contribution is 2.29. The van der Waals surface area contributed by atoms with Crippen LogP contribution < -0.4 is 5.32 Å². The average Bonchev–Trinajstić information content (AvgIpc) is 2.83. The number of halogens is 2. The van der Waals surface area contributed by atoms with Crippen LogP contribution in [0.5, 0.6) is 0 Å². The molecule has 1 aromatic carbocycles. The first-order valence-electron chi connectivity index (χ1n) is 6.42. The molecule has 6 heteroatoms. The molecule has 0 amide bonds. The fourth-order valence-electron chi connectivity index (χ4n) is 1.98. The lowest BCUT2D eigenvalue weighted by atomic mass is 10.2. The van der Waals surface area contributed by atoms with Crippen LogP contribution in [0.4, 0.5) is 0 Å². The van der Waals surface area contributed by atoms with Crippen LogP contribution in [0, 0.1) is 0 Å². The average molecular weight is 375 g/mol. The van der Waals surface area contributed by atoms with Gasteiger partial charge in [0.25, 0.3) is 0 Å². The molecular weight excluding hydrogens is 358 g/mol. The molecule has 1 unspecified atom stereocenters. The molecule has 0 aliphatic heterocycles. The lowest BCUT2D eigenvalue weighted by Crippen LogP contribution is -2.22. The van der Waals surface area contributed by atoms with Crippen LogP contribution >= 0.6 is 39.3 Å². The van der Waals surface area contributed by atoms with Gasteiger partial charge in [0, 0.05) is 22.2 Å². The minimum absolute atomic E-state index is 0.243. The Labute approximate surface area is 137 Å². The van der Waals surface area contributed by atoms with E-state index < -0.39 is 0 Å². The van der Waals surface area contributed by atoms with E-state index in [1.807, 2.05) is 42.2 Å². The third-order valence-electron chi connectivity index (χ3n) is 3.04. The first-order chi connectivity index (χ1) is 9.65. The number of thioether (sulfide) groups is 1. The maximum absolute atomic E-state index is 5.90. The molecule has 2 rings (SSSR count). The minimum atomic E-state index is 0.243. The van der Waals surface area contributed by atoms with Crippen LogP contribution in [0.3, 0.4) is 0 Å². The third-order valence-corrected chi connectivity index (χ3v) is 5.01. The highest BCUT2D eigenvalue weighted by atomic mass is 79.9. The maximum atomic E-state index is 5.90.